The lowest BCUT2D eigenvalue weighted by atomic mass is 10.0. The Bertz CT molecular complexity index is 522. The predicted octanol–water partition coefficient (Wildman–Crippen LogP) is 4.38. The molecule has 0 bridgehead atoms. The summed E-state index contributed by atoms with van der Waals surface area (Å²) in [6.45, 7) is 7.25. The van der Waals surface area contributed by atoms with E-state index in [0.29, 0.717) is 24.8 Å². The molecule has 0 aliphatic rings. The van der Waals surface area contributed by atoms with Crippen molar-refractivity contribution in [2.75, 3.05) is 18.5 Å². The standard InChI is InChI=1S/C16H24F3N3O2.HI/c1-4-23-14(11(2)3)9-10-21-15(20)22-12-5-7-13(8-6-12)24-16(17,18)19;/h5-8,11,14H,4,9-10H2,1-3H3,(H3,20,21,22);1H. The van der Waals surface area contributed by atoms with Crippen LogP contribution in [0.15, 0.2) is 29.3 Å². The van der Waals surface area contributed by atoms with E-state index in [0.717, 1.165) is 6.42 Å². The smallest absolute Gasteiger partial charge is 0.406 e. The number of ether oxygens (including phenoxy) is 2. The first-order chi connectivity index (χ1) is 11.2. The first kappa shape index (κ1) is 23.8. The number of benzene rings is 1. The SMILES string of the molecule is CCOC(CCN=C(N)Nc1ccc(OC(F)(F)F)cc1)C(C)C.I. The minimum Gasteiger partial charge on any atom is -0.406 e. The van der Waals surface area contributed by atoms with Crippen molar-refractivity contribution in [3.8, 4) is 5.75 Å². The Balaban J connectivity index is 0.00000576. The Kier molecular flexibility index (Phi) is 10.8. The van der Waals surface area contributed by atoms with Crippen LogP contribution in [0.1, 0.15) is 27.2 Å². The Hall–Kier alpha value is -1.23. The van der Waals surface area contributed by atoms with Crippen LogP contribution in [-0.4, -0.2) is 31.6 Å². The highest BCUT2D eigenvalue weighted by atomic mass is 127. The van der Waals surface area contributed by atoms with Gasteiger partial charge in [0.25, 0.3) is 0 Å². The number of hydrogen-bond acceptors (Lipinski definition) is 3. The molecule has 0 aliphatic carbocycles. The molecule has 0 radical (unpaired) electrons. The minimum atomic E-state index is -4.71. The number of nitrogens with two attached hydrogens (primary N) is 1. The molecule has 0 aromatic heterocycles. The zero-order valence-electron chi connectivity index (χ0n) is 14.5. The van der Waals surface area contributed by atoms with Crippen LogP contribution in [-0.2, 0) is 4.74 Å². The monoisotopic (exact) mass is 475 g/mol. The lowest BCUT2D eigenvalue weighted by Crippen LogP contribution is -2.25. The first-order valence-corrected chi connectivity index (χ1v) is 7.75. The molecule has 144 valence electrons. The maximum Gasteiger partial charge on any atom is 0.573 e. The van der Waals surface area contributed by atoms with E-state index in [9.17, 15) is 13.2 Å². The summed E-state index contributed by atoms with van der Waals surface area (Å²) in [6, 6.07) is 5.26. The fourth-order valence-electron chi connectivity index (χ4n) is 2.06. The molecule has 0 fully saturated rings. The van der Waals surface area contributed by atoms with Crippen LogP contribution < -0.4 is 15.8 Å². The van der Waals surface area contributed by atoms with Crippen molar-refractivity contribution in [1.82, 2.24) is 0 Å². The molecule has 0 saturated heterocycles. The van der Waals surface area contributed by atoms with E-state index in [-0.39, 0.29) is 41.8 Å². The molecule has 1 aromatic rings. The number of hydrogen-bond donors (Lipinski definition) is 2. The largest absolute Gasteiger partial charge is 0.573 e. The third kappa shape index (κ3) is 10.4. The zero-order chi connectivity index (χ0) is 18.2. The molecular formula is C16H25F3IN3O2. The second-order valence-electron chi connectivity index (χ2n) is 5.49. The Morgan fingerprint density at radius 2 is 1.84 bits per heavy atom. The van der Waals surface area contributed by atoms with Gasteiger partial charge in [-0.3, -0.25) is 4.99 Å². The van der Waals surface area contributed by atoms with Crippen LogP contribution in [0.3, 0.4) is 0 Å². The Labute approximate surface area is 163 Å². The van der Waals surface area contributed by atoms with Gasteiger partial charge in [-0.15, -0.1) is 37.1 Å². The molecule has 0 amide bonds. The first-order valence-electron chi connectivity index (χ1n) is 7.75. The van der Waals surface area contributed by atoms with Gasteiger partial charge in [0.1, 0.15) is 5.75 Å². The van der Waals surface area contributed by atoms with Crippen molar-refractivity contribution < 1.29 is 22.6 Å². The van der Waals surface area contributed by atoms with E-state index in [1.165, 1.54) is 24.3 Å². The third-order valence-corrected chi connectivity index (χ3v) is 3.18. The van der Waals surface area contributed by atoms with Gasteiger partial charge >= 0.3 is 6.36 Å². The van der Waals surface area contributed by atoms with Gasteiger partial charge in [0, 0.05) is 18.8 Å². The molecule has 0 heterocycles. The molecule has 1 rings (SSSR count). The van der Waals surface area contributed by atoms with Crippen molar-refractivity contribution >= 4 is 35.6 Å². The summed E-state index contributed by atoms with van der Waals surface area (Å²) in [5, 5.41) is 2.82. The number of halogens is 4. The zero-order valence-corrected chi connectivity index (χ0v) is 16.8. The highest BCUT2D eigenvalue weighted by Crippen LogP contribution is 2.23. The fourth-order valence-corrected chi connectivity index (χ4v) is 2.06. The summed E-state index contributed by atoms with van der Waals surface area (Å²) in [6.07, 6.45) is -3.85. The van der Waals surface area contributed by atoms with E-state index >= 15 is 0 Å². The number of alkyl halides is 3. The lowest BCUT2D eigenvalue weighted by Gasteiger charge is -2.19. The predicted molar refractivity (Wildman–Crippen MR) is 104 cm³/mol. The number of rotatable bonds is 8. The molecular weight excluding hydrogens is 450 g/mol. The molecule has 1 aromatic carbocycles. The average molecular weight is 475 g/mol. The lowest BCUT2D eigenvalue weighted by molar-refractivity contribution is -0.274. The molecule has 1 atom stereocenters. The van der Waals surface area contributed by atoms with E-state index in [2.05, 4.69) is 28.9 Å². The molecule has 25 heavy (non-hydrogen) atoms. The topological polar surface area (TPSA) is 68.9 Å². The summed E-state index contributed by atoms with van der Waals surface area (Å²) in [5.41, 5.74) is 6.29. The van der Waals surface area contributed by atoms with Crippen molar-refractivity contribution in [3.63, 3.8) is 0 Å². The normalized spacial score (nSPS) is 13.3. The van der Waals surface area contributed by atoms with Crippen LogP contribution in [0, 0.1) is 5.92 Å². The van der Waals surface area contributed by atoms with Crippen molar-refractivity contribution in [1.29, 1.82) is 0 Å². The highest BCUT2D eigenvalue weighted by molar-refractivity contribution is 14.0. The summed E-state index contributed by atoms with van der Waals surface area (Å²) in [7, 11) is 0. The Morgan fingerprint density at radius 1 is 1.24 bits per heavy atom. The number of nitrogens with one attached hydrogen (secondary N) is 1. The Morgan fingerprint density at radius 3 is 2.32 bits per heavy atom. The van der Waals surface area contributed by atoms with Gasteiger partial charge in [-0.05, 0) is 43.5 Å². The minimum absolute atomic E-state index is 0. The third-order valence-electron chi connectivity index (χ3n) is 3.18. The number of aliphatic imine (C=N–C) groups is 1. The van der Waals surface area contributed by atoms with Crippen molar-refractivity contribution in [2.45, 2.75) is 39.7 Å². The van der Waals surface area contributed by atoms with Gasteiger partial charge in [-0.2, -0.15) is 0 Å². The van der Waals surface area contributed by atoms with E-state index in [1.54, 1.807) is 0 Å². The number of guanidine groups is 1. The second kappa shape index (κ2) is 11.4. The van der Waals surface area contributed by atoms with Crippen LogP contribution in [0.4, 0.5) is 18.9 Å². The molecule has 0 spiro atoms. The number of anilines is 1. The van der Waals surface area contributed by atoms with Crippen LogP contribution >= 0.6 is 24.0 Å². The number of nitrogens with zero attached hydrogens (tertiary/aromatic N) is 1. The van der Waals surface area contributed by atoms with Crippen LogP contribution in [0.5, 0.6) is 5.75 Å². The van der Waals surface area contributed by atoms with E-state index in [1.807, 2.05) is 6.92 Å². The van der Waals surface area contributed by atoms with E-state index < -0.39 is 6.36 Å². The molecule has 0 saturated carbocycles. The van der Waals surface area contributed by atoms with Gasteiger partial charge < -0.3 is 20.5 Å². The quantitative estimate of drug-likeness (QED) is 0.333. The average Bonchev–Trinajstić information content (AvgIpc) is 2.46. The second-order valence-corrected chi connectivity index (χ2v) is 5.49. The molecule has 5 nitrogen and oxygen atoms in total. The summed E-state index contributed by atoms with van der Waals surface area (Å²) in [5.74, 6) is 0.286. The summed E-state index contributed by atoms with van der Waals surface area (Å²) < 4.78 is 45.7. The van der Waals surface area contributed by atoms with Gasteiger partial charge in [0.2, 0.25) is 0 Å². The molecule has 1 unspecified atom stereocenters. The molecule has 0 aliphatic heterocycles. The summed E-state index contributed by atoms with van der Waals surface area (Å²) >= 11 is 0. The van der Waals surface area contributed by atoms with Gasteiger partial charge in [-0.1, -0.05) is 13.8 Å². The molecule has 9 heteroatoms. The van der Waals surface area contributed by atoms with Gasteiger partial charge in [-0.25, -0.2) is 0 Å². The maximum atomic E-state index is 12.1. The van der Waals surface area contributed by atoms with Crippen molar-refractivity contribution in [3.05, 3.63) is 24.3 Å². The van der Waals surface area contributed by atoms with Crippen molar-refractivity contribution in [2.24, 2.45) is 16.6 Å². The molecule has 3 N–H and O–H groups in total. The highest BCUT2D eigenvalue weighted by Gasteiger charge is 2.30. The van der Waals surface area contributed by atoms with Crippen LogP contribution in [0.25, 0.3) is 0 Å². The maximum absolute atomic E-state index is 12.1. The summed E-state index contributed by atoms with van der Waals surface area (Å²) in [4.78, 5) is 4.20. The van der Waals surface area contributed by atoms with Gasteiger partial charge in [0.15, 0.2) is 5.96 Å². The van der Waals surface area contributed by atoms with Crippen LogP contribution in [0.2, 0.25) is 0 Å². The van der Waals surface area contributed by atoms with Gasteiger partial charge in [0.05, 0.1) is 6.10 Å². The fraction of sp³-hybridized carbons (Fsp3) is 0.562. The van der Waals surface area contributed by atoms with E-state index in [4.69, 9.17) is 10.5 Å².